The lowest BCUT2D eigenvalue weighted by Crippen LogP contribution is -2.53. The van der Waals surface area contributed by atoms with Crippen molar-refractivity contribution in [1.29, 1.82) is 0 Å². The van der Waals surface area contributed by atoms with Gasteiger partial charge in [-0.1, -0.05) is 44.2 Å². The van der Waals surface area contributed by atoms with Crippen LogP contribution in [0.3, 0.4) is 0 Å². The third-order valence-corrected chi connectivity index (χ3v) is 8.92. The fourth-order valence-corrected chi connectivity index (χ4v) is 6.63. The van der Waals surface area contributed by atoms with E-state index in [4.69, 9.17) is 0 Å². The van der Waals surface area contributed by atoms with Crippen molar-refractivity contribution in [2.24, 2.45) is 5.92 Å². The summed E-state index contributed by atoms with van der Waals surface area (Å²) in [7, 11) is 0.0312. The molecule has 0 radical (unpaired) electrons. The van der Waals surface area contributed by atoms with Crippen LogP contribution < -0.4 is 14.9 Å². The zero-order chi connectivity index (χ0) is 30.6. The quantitative estimate of drug-likeness (QED) is 0.400. The minimum Gasteiger partial charge on any atom is -0.378 e. The van der Waals surface area contributed by atoms with Gasteiger partial charge in [0.1, 0.15) is 12.1 Å². The molecule has 3 amide bonds. The number of likely N-dealkylation sites (tertiary alicyclic amines) is 2. The molecule has 2 aliphatic heterocycles. The number of sulfonamides is 1. The highest BCUT2D eigenvalue weighted by atomic mass is 32.2. The highest BCUT2D eigenvalue weighted by molar-refractivity contribution is 7.88. The van der Waals surface area contributed by atoms with E-state index in [-0.39, 0.29) is 42.4 Å². The van der Waals surface area contributed by atoms with Crippen molar-refractivity contribution in [3.63, 3.8) is 0 Å². The van der Waals surface area contributed by atoms with Crippen molar-refractivity contribution in [2.45, 2.75) is 50.6 Å². The van der Waals surface area contributed by atoms with Crippen LogP contribution in [0.25, 0.3) is 0 Å². The van der Waals surface area contributed by atoms with E-state index < -0.39 is 40.6 Å². The first-order chi connectivity index (χ1) is 19.9. The molecule has 2 aliphatic rings. The Morgan fingerprint density at radius 3 is 2.29 bits per heavy atom. The Balaban J connectivity index is 1.41. The van der Waals surface area contributed by atoms with E-state index in [0.29, 0.717) is 24.0 Å². The lowest BCUT2D eigenvalue weighted by atomic mass is 10.0. The lowest BCUT2D eigenvalue weighted by molar-refractivity contribution is -0.138. The maximum atomic E-state index is 13.7. The van der Waals surface area contributed by atoms with Gasteiger partial charge in [-0.15, -0.1) is 0 Å². The number of hydrogen-bond donors (Lipinski definition) is 2. The average Bonchev–Trinajstić information content (AvgIpc) is 3.52. The van der Waals surface area contributed by atoms with Gasteiger partial charge in [-0.3, -0.25) is 19.2 Å². The van der Waals surface area contributed by atoms with Crippen LogP contribution in [0.2, 0.25) is 0 Å². The molecule has 2 heterocycles. The van der Waals surface area contributed by atoms with E-state index >= 15 is 0 Å². The van der Waals surface area contributed by atoms with Gasteiger partial charge in [-0.05, 0) is 48.6 Å². The summed E-state index contributed by atoms with van der Waals surface area (Å²) in [5.74, 6) is -1.71. The molecule has 11 nitrogen and oxygen atoms in total. The molecule has 2 N–H and O–H groups in total. The predicted octanol–water partition coefficient (Wildman–Crippen LogP) is 1.40. The number of rotatable bonds is 11. The van der Waals surface area contributed by atoms with E-state index in [1.54, 1.807) is 42.5 Å². The van der Waals surface area contributed by atoms with Crippen LogP contribution in [0.1, 0.15) is 42.6 Å². The summed E-state index contributed by atoms with van der Waals surface area (Å²) >= 11 is 0. The molecule has 2 aromatic rings. The number of hydrogen-bond acceptors (Lipinski definition) is 7. The topological polar surface area (TPSA) is 136 Å². The van der Waals surface area contributed by atoms with Gasteiger partial charge >= 0.3 is 0 Å². The fourth-order valence-electron chi connectivity index (χ4n) is 5.55. The van der Waals surface area contributed by atoms with Crippen molar-refractivity contribution in [1.82, 2.24) is 19.8 Å². The summed E-state index contributed by atoms with van der Waals surface area (Å²) in [6.07, 6.45) is 0.771. The van der Waals surface area contributed by atoms with Gasteiger partial charge in [0.2, 0.25) is 21.8 Å². The zero-order valence-corrected chi connectivity index (χ0v) is 25.3. The largest absolute Gasteiger partial charge is 0.378 e. The van der Waals surface area contributed by atoms with Crippen LogP contribution in [0, 0.1) is 5.92 Å². The van der Waals surface area contributed by atoms with Gasteiger partial charge in [0.25, 0.3) is 5.91 Å². The normalized spacial score (nSPS) is 19.1. The number of ketones is 1. The maximum absolute atomic E-state index is 13.7. The lowest BCUT2D eigenvalue weighted by Gasteiger charge is -2.29. The summed E-state index contributed by atoms with van der Waals surface area (Å²) in [6, 6.07) is 13.5. The molecular weight excluding hydrogens is 558 g/mol. The Kier molecular flexibility index (Phi) is 9.67. The summed E-state index contributed by atoms with van der Waals surface area (Å²) in [5.41, 5.74) is 1.95. The molecule has 2 aromatic carbocycles. The molecule has 2 fully saturated rings. The molecule has 0 bridgehead atoms. The van der Waals surface area contributed by atoms with Crippen LogP contribution in [0.4, 0.5) is 5.69 Å². The fraction of sp³-hybridized carbons (Fsp3) is 0.467. The molecule has 0 saturated carbocycles. The van der Waals surface area contributed by atoms with Crippen molar-refractivity contribution in [2.75, 3.05) is 38.6 Å². The van der Waals surface area contributed by atoms with E-state index in [1.807, 2.05) is 45.0 Å². The Bertz CT molecular complexity index is 1410. The summed E-state index contributed by atoms with van der Waals surface area (Å²) in [5, 5.41) is 2.86. The molecule has 3 atom stereocenters. The van der Waals surface area contributed by atoms with Crippen LogP contribution in [0.15, 0.2) is 54.6 Å². The first-order valence-corrected chi connectivity index (χ1v) is 15.7. The molecule has 0 spiro atoms. The van der Waals surface area contributed by atoms with Gasteiger partial charge in [0, 0.05) is 31.9 Å². The molecule has 2 unspecified atom stereocenters. The number of benzene rings is 2. The number of Topliss-reactive ketones (excluding diaryl/α,β-unsaturated/α-hetero) is 1. The minimum absolute atomic E-state index is 0.0926. The number of anilines is 1. The molecule has 4 rings (SSSR count). The molecule has 12 heteroatoms. The summed E-state index contributed by atoms with van der Waals surface area (Å²) < 4.78 is 27.4. The first-order valence-electron chi connectivity index (χ1n) is 14.1. The van der Waals surface area contributed by atoms with E-state index in [1.165, 1.54) is 9.80 Å². The number of amides is 3. The monoisotopic (exact) mass is 597 g/mol. The van der Waals surface area contributed by atoms with Gasteiger partial charge in [-0.25, -0.2) is 13.1 Å². The molecule has 2 saturated heterocycles. The van der Waals surface area contributed by atoms with Crippen LogP contribution in [0.5, 0.6) is 0 Å². The molecule has 42 heavy (non-hydrogen) atoms. The Morgan fingerprint density at radius 1 is 1.00 bits per heavy atom. The number of fused-ring (bicyclic) bond motifs is 1. The highest BCUT2D eigenvalue weighted by Gasteiger charge is 2.52. The molecule has 226 valence electrons. The second kappa shape index (κ2) is 13.0. The predicted molar refractivity (Wildman–Crippen MR) is 159 cm³/mol. The molecular formula is C30H39N5O6S. The first kappa shape index (κ1) is 31.2. The van der Waals surface area contributed by atoms with Crippen molar-refractivity contribution >= 4 is 39.2 Å². The van der Waals surface area contributed by atoms with Crippen LogP contribution in [-0.2, 0) is 30.2 Å². The Hall–Kier alpha value is -3.77. The van der Waals surface area contributed by atoms with Crippen molar-refractivity contribution in [3.05, 3.63) is 65.7 Å². The van der Waals surface area contributed by atoms with Gasteiger partial charge in [0.05, 0.1) is 24.9 Å². The number of carbonyl (C=O) groups is 4. The van der Waals surface area contributed by atoms with E-state index in [9.17, 15) is 27.6 Å². The van der Waals surface area contributed by atoms with E-state index in [0.717, 1.165) is 5.69 Å². The SMILES string of the molecule is CC(C)C[C@H](NC(=O)c1ccc(N(C)C)cc1)C(=O)N1CCC2C1C(=O)CN2C(=O)CNS(=O)(=O)Cc1ccccc1. The third kappa shape index (κ3) is 7.35. The van der Waals surface area contributed by atoms with Crippen LogP contribution >= 0.6 is 0 Å². The second-order valence-electron chi connectivity index (χ2n) is 11.5. The Labute approximate surface area is 247 Å². The summed E-state index contributed by atoms with van der Waals surface area (Å²) in [4.78, 5) is 57.7. The summed E-state index contributed by atoms with van der Waals surface area (Å²) in [6.45, 7) is 3.48. The van der Waals surface area contributed by atoms with Crippen molar-refractivity contribution < 1.29 is 27.6 Å². The third-order valence-electron chi connectivity index (χ3n) is 7.63. The smallest absolute Gasteiger partial charge is 0.251 e. The zero-order valence-electron chi connectivity index (χ0n) is 24.4. The highest BCUT2D eigenvalue weighted by Crippen LogP contribution is 2.31. The Morgan fingerprint density at radius 2 is 1.67 bits per heavy atom. The minimum atomic E-state index is -3.77. The van der Waals surface area contributed by atoms with Crippen molar-refractivity contribution in [3.8, 4) is 0 Å². The van der Waals surface area contributed by atoms with Gasteiger partial charge in [0.15, 0.2) is 5.78 Å². The number of carbonyl (C=O) groups excluding carboxylic acids is 4. The van der Waals surface area contributed by atoms with Crippen LogP contribution in [-0.4, -0.2) is 93.6 Å². The second-order valence-corrected chi connectivity index (χ2v) is 13.3. The molecule has 0 aromatic heterocycles. The standard InChI is InChI=1S/C30H39N5O6S/c1-20(2)16-24(32-29(38)22-10-12-23(13-11-22)33(3)4)30(39)34-15-14-25-28(34)26(36)18-35(25)27(37)17-31-42(40,41)19-21-8-6-5-7-9-21/h5-13,20,24-25,28,31H,14-19H2,1-4H3,(H,32,38)/t24-,25?,28?/m0/s1. The van der Waals surface area contributed by atoms with Gasteiger partial charge in [-0.2, -0.15) is 0 Å². The number of nitrogens with zero attached hydrogens (tertiary/aromatic N) is 3. The maximum Gasteiger partial charge on any atom is 0.251 e. The molecule has 0 aliphatic carbocycles. The average molecular weight is 598 g/mol. The van der Waals surface area contributed by atoms with E-state index in [2.05, 4.69) is 10.0 Å². The van der Waals surface area contributed by atoms with Gasteiger partial charge < -0.3 is 20.0 Å². The number of nitrogens with one attached hydrogen (secondary N) is 2.